The third-order valence-electron chi connectivity index (χ3n) is 2.65. The van der Waals surface area contributed by atoms with Gasteiger partial charge in [-0.3, -0.25) is 0 Å². The first-order chi connectivity index (χ1) is 7.81. The highest BCUT2D eigenvalue weighted by Crippen LogP contribution is 2.18. The van der Waals surface area contributed by atoms with E-state index in [1.165, 1.54) is 12.0 Å². The van der Waals surface area contributed by atoms with Crippen LogP contribution in [-0.4, -0.2) is 11.1 Å². The monoisotopic (exact) mass is 219 g/mol. The molecule has 0 aliphatic heterocycles. The highest BCUT2D eigenvalue weighted by Gasteiger charge is 2.10. The molecule has 3 nitrogen and oxygen atoms in total. The molecule has 1 unspecified atom stereocenters. The van der Waals surface area contributed by atoms with Crippen LogP contribution in [0.4, 0.5) is 0 Å². The van der Waals surface area contributed by atoms with Crippen molar-refractivity contribution in [3.05, 3.63) is 24.0 Å². The topological polar surface area (TPSA) is 40.8 Å². The molecule has 1 aromatic heterocycles. The van der Waals surface area contributed by atoms with Crippen LogP contribution in [0.3, 0.4) is 0 Å². The summed E-state index contributed by atoms with van der Waals surface area (Å²) in [6.45, 7) is 5.87. The zero-order valence-corrected chi connectivity index (χ0v) is 10.2. The van der Waals surface area contributed by atoms with Crippen molar-refractivity contribution in [1.82, 2.24) is 9.88 Å². The van der Waals surface area contributed by atoms with Crippen LogP contribution in [-0.2, 0) is 6.54 Å². The summed E-state index contributed by atoms with van der Waals surface area (Å²) in [5.41, 5.74) is 1.30. The molecule has 0 bridgehead atoms. The molecule has 0 amide bonds. The quantitative estimate of drug-likeness (QED) is 0.766. The Morgan fingerprint density at radius 2 is 2.25 bits per heavy atom. The predicted octanol–water partition coefficient (Wildman–Crippen LogP) is 2.85. The molecule has 1 N–H and O–H groups in total. The van der Waals surface area contributed by atoms with Crippen molar-refractivity contribution >= 4 is 0 Å². The Morgan fingerprint density at radius 3 is 2.88 bits per heavy atom. The zero-order valence-electron chi connectivity index (χ0n) is 10.2. The van der Waals surface area contributed by atoms with Crippen LogP contribution >= 0.6 is 0 Å². The van der Waals surface area contributed by atoms with E-state index in [1.54, 1.807) is 0 Å². The lowest BCUT2D eigenvalue weighted by Gasteiger charge is -2.16. The molecule has 0 aliphatic rings. The second-order valence-corrected chi connectivity index (χ2v) is 4.07. The molecule has 0 radical (unpaired) electrons. The Bertz CT molecular complexity index is 335. The van der Waals surface area contributed by atoms with E-state index in [0.29, 0.717) is 12.6 Å². The van der Waals surface area contributed by atoms with Crippen molar-refractivity contribution in [3.63, 3.8) is 0 Å². The fraction of sp³-hybridized carbons (Fsp3) is 0.615. The molecule has 0 spiro atoms. The number of hydrogen-bond acceptors (Lipinski definition) is 2. The number of nitrogens with one attached hydrogen (secondary N) is 1. The van der Waals surface area contributed by atoms with Crippen LogP contribution in [0.5, 0.6) is 0 Å². The molecule has 0 aliphatic carbocycles. The van der Waals surface area contributed by atoms with Crippen molar-refractivity contribution < 1.29 is 0 Å². The maximum Gasteiger partial charge on any atom is 0.109 e. The molecule has 0 saturated carbocycles. The largest absolute Gasteiger partial charge is 0.340 e. The lowest BCUT2D eigenvalue weighted by molar-refractivity contribution is 0.493. The van der Waals surface area contributed by atoms with E-state index in [2.05, 4.69) is 37.5 Å². The van der Waals surface area contributed by atoms with Crippen LogP contribution in [0.15, 0.2) is 18.5 Å². The van der Waals surface area contributed by atoms with Gasteiger partial charge in [0.15, 0.2) is 0 Å². The van der Waals surface area contributed by atoms with Crippen molar-refractivity contribution in [3.8, 4) is 6.07 Å². The van der Waals surface area contributed by atoms with Gasteiger partial charge in [0.2, 0.25) is 0 Å². The predicted molar refractivity (Wildman–Crippen MR) is 66.0 cm³/mol. The molecule has 1 heterocycles. The van der Waals surface area contributed by atoms with E-state index < -0.39 is 0 Å². The maximum atomic E-state index is 8.63. The van der Waals surface area contributed by atoms with Gasteiger partial charge in [-0.15, -0.1) is 0 Å². The summed E-state index contributed by atoms with van der Waals surface area (Å²) < 4.78 is 1.94. The number of aromatic nitrogens is 1. The summed E-state index contributed by atoms with van der Waals surface area (Å²) in [6.07, 6.45) is 7.53. The summed E-state index contributed by atoms with van der Waals surface area (Å²) in [5, 5.41) is 12.2. The molecule has 0 saturated heterocycles. The van der Waals surface area contributed by atoms with E-state index in [4.69, 9.17) is 5.26 Å². The summed E-state index contributed by atoms with van der Waals surface area (Å²) in [4.78, 5) is 0. The van der Waals surface area contributed by atoms with Crippen LogP contribution in [0.1, 0.15) is 44.7 Å². The first-order valence-corrected chi connectivity index (χ1v) is 6.07. The Labute approximate surface area is 98.1 Å². The van der Waals surface area contributed by atoms with Crippen molar-refractivity contribution in [1.29, 1.82) is 5.26 Å². The average Bonchev–Trinajstić information content (AvgIpc) is 2.73. The SMILES string of the molecule is CCCNC(CCC)c1ccn(CC#N)c1. The summed E-state index contributed by atoms with van der Waals surface area (Å²) >= 11 is 0. The fourth-order valence-corrected chi connectivity index (χ4v) is 1.84. The van der Waals surface area contributed by atoms with Gasteiger partial charge in [0.05, 0.1) is 6.07 Å². The van der Waals surface area contributed by atoms with E-state index in [0.717, 1.165) is 19.4 Å². The second kappa shape index (κ2) is 7.08. The number of hydrogen-bond donors (Lipinski definition) is 1. The smallest absolute Gasteiger partial charge is 0.109 e. The number of nitrogens with zero attached hydrogens (tertiary/aromatic N) is 2. The molecular formula is C13H21N3. The van der Waals surface area contributed by atoms with E-state index >= 15 is 0 Å². The Balaban J connectivity index is 2.64. The van der Waals surface area contributed by atoms with E-state index in [-0.39, 0.29) is 0 Å². The third-order valence-corrected chi connectivity index (χ3v) is 2.65. The molecule has 1 aromatic rings. The average molecular weight is 219 g/mol. The molecule has 16 heavy (non-hydrogen) atoms. The molecule has 1 atom stereocenters. The normalized spacial score (nSPS) is 12.3. The molecule has 88 valence electrons. The Hall–Kier alpha value is -1.27. The van der Waals surface area contributed by atoms with Gasteiger partial charge in [-0.05, 0) is 31.0 Å². The van der Waals surface area contributed by atoms with E-state index in [1.807, 2.05) is 10.8 Å². The summed E-state index contributed by atoms with van der Waals surface area (Å²) in [6, 6.07) is 4.70. The van der Waals surface area contributed by atoms with Crippen molar-refractivity contribution in [2.75, 3.05) is 6.54 Å². The minimum Gasteiger partial charge on any atom is -0.340 e. The number of nitriles is 1. The Morgan fingerprint density at radius 1 is 1.44 bits per heavy atom. The fourth-order valence-electron chi connectivity index (χ4n) is 1.84. The van der Waals surface area contributed by atoms with E-state index in [9.17, 15) is 0 Å². The number of rotatable bonds is 7. The second-order valence-electron chi connectivity index (χ2n) is 4.07. The van der Waals surface area contributed by atoms with Crippen molar-refractivity contribution in [2.45, 2.75) is 45.7 Å². The standard InChI is InChI=1S/C13H21N3/c1-3-5-13(15-8-4-2)12-6-9-16(11-12)10-7-14/h6,9,11,13,15H,3-5,8,10H2,1-2H3. The summed E-state index contributed by atoms with van der Waals surface area (Å²) in [7, 11) is 0. The van der Waals surface area contributed by atoms with Crippen LogP contribution in [0.25, 0.3) is 0 Å². The highest BCUT2D eigenvalue weighted by molar-refractivity contribution is 5.16. The van der Waals surface area contributed by atoms with Gasteiger partial charge in [0.1, 0.15) is 6.54 Å². The lowest BCUT2D eigenvalue weighted by Crippen LogP contribution is -2.21. The zero-order chi connectivity index (χ0) is 11.8. The van der Waals surface area contributed by atoms with Crippen LogP contribution in [0.2, 0.25) is 0 Å². The summed E-state index contributed by atoms with van der Waals surface area (Å²) in [5.74, 6) is 0. The molecule has 1 rings (SSSR count). The maximum absolute atomic E-state index is 8.63. The van der Waals surface area contributed by atoms with Crippen molar-refractivity contribution in [2.24, 2.45) is 0 Å². The first kappa shape index (κ1) is 12.8. The minimum atomic E-state index is 0.435. The molecule has 0 aromatic carbocycles. The highest BCUT2D eigenvalue weighted by atomic mass is 15.0. The lowest BCUT2D eigenvalue weighted by atomic mass is 10.1. The van der Waals surface area contributed by atoms with Gasteiger partial charge < -0.3 is 9.88 Å². The Kier molecular flexibility index (Phi) is 5.66. The van der Waals surface area contributed by atoms with Crippen LogP contribution < -0.4 is 5.32 Å². The molecular weight excluding hydrogens is 198 g/mol. The van der Waals surface area contributed by atoms with Gasteiger partial charge in [0, 0.05) is 18.4 Å². The first-order valence-electron chi connectivity index (χ1n) is 6.07. The van der Waals surface area contributed by atoms with Crippen LogP contribution in [0, 0.1) is 11.3 Å². The van der Waals surface area contributed by atoms with Gasteiger partial charge >= 0.3 is 0 Å². The molecule has 0 fully saturated rings. The van der Waals surface area contributed by atoms with Gasteiger partial charge in [0.25, 0.3) is 0 Å². The van der Waals surface area contributed by atoms with Gasteiger partial charge in [-0.25, -0.2) is 0 Å². The van der Waals surface area contributed by atoms with Gasteiger partial charge in [-0.1, -0.05) is 20.3 Å². The third kappa shape index (κ3) is 3.71. The van der Waals surface area contributed by atoms with Gasteiger partial charge in [-0.2, -0.15) is 5.26 Å². The molecule has 3 heteroatoms. The minimum absolute atomic E-state index is 0.435.